The molecule has 2 heterocycles. The highest BCUT2D eigenvalue weighted by atomic mass is 19.1. The molecule has 1 aliphatic heterocycles. The van der Waals surface area contributed by atoms with E-state index in [0.29, 0.717) is 38.3 Å². The molecule has 1 aromatic heterocycles. The average molecular weight is 442 g/mol. The lowest BCUT2D eigenvalue weighted by atomic mass is 9.86. The number of hydrogen-bond acceptors (Lipinski definition) is 4. The first-order chi connectivity index (χ1) is 15.4. The van der Waals surface area contributed by atoms with Crippen molar-refractivity contribution >= 4 is 5.91 Å². The summed E-state index contributed by atoms with van der Waals surface area (Å²) in [6.07, 6.45) is 10.1. The third-order valence-corrected chi connectivity index (χ3v) is 7.03. The minimum atomic E-state index is -1.06. The molecule has 2 fully saturated rings. The lowest BCUT2D eigenvalue weighted by Gasteiger charge is -2.38. The highest BCUT2D eigenvalue weighted by Gasteiger charge is 2.34. The van der Waals surface area contributed by atoms with E-state index in [-0.39, 0.29) is 29.3 Å². The number of likely N-dealkylation sites (tertiary alicyclic amines) is 1. The number of amides is 1. The van der Waals surface area contributed by atoms with Crippen molar-refractivity contribution in [3.63, 3.8) is 0 Å². The second-order valence-corrected chi connectivity index (χ2v) is 9.37. The molecule has 32 heavy (non-hydrogen) atoms. The number of aliphatic hydroxyl groups is 1. The maximum absolute atomic E-state index is 14.0. The Labute approximate surface area is 188 Å². The first-order valence-electron chi connectivity index (χ1n) is 11.8. The Morgan fingerprint density at radius 3 is 2.56 bits per heavy atom. The summed E-state index contributed by atoms with van der Waals surface area (Å²) in [5, 5.41) is 11.0. The molecule has 6 nitrogen and oxygen atoms in total. The molecule has 7 heteroatoms. The number of nitrogens with zero attached hydrogens (tertiary/aromatic N) is 3. The summed E-state index contributed by atoms with van der Waals surface area (Å²) < 4.78 is 15.3. The number of halogens is 1. The van der Waals surface area contributed by atoms with E-state index < -0.39 is 11.4 Å². The van der Waals surface area contributed by atoms with E-state index in [0.717, 1.165) is 6.42 Å². The number of hydrogen-bond donors (Lipinski definition) is 1. The van der Waals surface area contributed by atoms with Gasteiger partial charge in [-0.1, -0.05) is 44.2 Å². The Kier molecular flexibility index (Phi) is 7.04. The van der Waals surface area contributed by atoms with Crippen molar-refractivity contribution in [2.45, 2.75) is 69.9 Å². The van der Waals surface area contributed by atoms with Crippen molar-refractivity contribution in [3.05, 3.63) is 52.8 Å². The van der Waals surface area contributed by atoms with E-state index in [1.807, 2.05) is 4.90 Å². The minimum Gasteiger partial charge on any atom is -0.388 e. The molecule has 0 radical (unpaired) electrons. The van der Waals surface area contributed by atoms with Crippen LogP contribution in [0.2, 0.25) is 0 Å². The summed E-state index contributed by atoms with van der Waals surface area (Å²) >= 11 is 0. The third-order valence-electron chi connectivity index (χ3n) is 7.03. The molecular weight excluding hydrogens is 409 g/mol. The molecule has 1 saturated heterocycles. The van der Waals surface area contributed by atoms with Gasteiger partial charge in [0, 0.05) is 31.1 Å². The van der Waals surface area contributed by atoms with Crippen molar-refractivity contribution in [1.82, 2.24) is 14.5 Å². The second-order valence-electron chi connectivity index (χ2n) is 9.37. The van der Waals surface area contributed by atoms with Gasteiger partial charge in [-0.3, -0.25) is 14.2 Å². The van der Waals surface area contributed by atoms with Crippen LogP contribution in [-0.4, -0.2) is 44.2 Å². The van der Waals surface area contributed by atoms with Crippen LogP contribution in [0.1, 0.15) is 57.8 Å². The van der Waals surface area contributed by atoms with Gasteiger partial charge in [0.05, 0.1) is 24.2 Å². The molecule has 1 aliphatic carbocycles. The van der Waals surface area contributed by atoms with Crippen LogP contribution in [0.25, 0.3) is 11.3 Å². The average Bonchev–Trinajstić information content (AvgIpc) is 2.80. The smallest absolute Gasteiger partial charge is 0.253 e. The Balaban J connectivity index is 1.32. The monoisotopic (exact) mass is 441 g/mol. The summed E-state index contributed by atoms with van der Waals surface area (Å²) in [6.45, 7) is 1.10. The van der Waals surface area contributed by atoms with Gasteiger partial charge in [-0.15, -0.1) is 0 Å². The van der Waals surface area contributed by atoms with Gasteiger partial charge in [-0.2, -0.15) is 0 Å². The number of rotatable bonds is 6. The molecule has 0 bridgehead atoms. The lowest BCUT2D eigenvalue weighted by Crippen LogP contribution is -2.49. The zero-order valence-corrected chi connectivity index (χ0v) is 18.5. The van der Waals surface area contributed by atoms with Crippen LogP contribution < -0.4 is 5.56 Å². The minimum absolute atomic E-state index is 0.112. The molecule has 1 N–H and O–H groups in total. The van der Waals surface area contributed by atoms with Gasteiger partial charge in [-0.25, -0.2) is 9.37 Å². The van der Waals surface area contributed by atoms with Crippen molar-refractivity contribution in [3.8, 4) is 11.3 Å². The number of benzene rings is 1. The van der Waals surface area contributed by atoms with Gasteiger partial charge in [0.2, 0.25) is 5.91 Å². The van der Waals surface area contributed by atoms with Crippen LogP contribution in [0.15, 0.2) is 41.5 Å². The molecule has 4 rings (SSSR count). The Hall–Kier alpha value is -2.54. The first kappa shape index (κ1) is 22.6. The molecule has 2 aromatic rings. The maximum atomic E-state index is 14.0. The normalized spacial score (nSPS) is 19.1. The first-order valence-corrected chi connectivity index (χ1v) is 11.8. The van der Waals surface area contributed by atoms with Gasteiger partial charge < -0.3 is 10.0 Å². The Bertz CT molecular complexity index is 992. The molecule has 1 aromatic carbocycles. The number of piperidine rings is 1. The fraction of sp³-hybridized carbons (Fsp3) is 0.560. The number of carbonyl (C=O) groups is 1. The summed E-state index contributed by atoms with van der Waals surface area (Å²) in [6, 6.07) is 7.48. The summed E-state index contributed by atoms with van der Waals surface area (Å²) in [5.74, 6) is 0.420. The SMILES string of the molecule is O=C(CCC1CCCCC1)N1CCC(O)(Cn2cnc(-c3ccccc3F)cc2=O)CC1. The topological polar surface area (TPSA) is 75.4 Å². The molecule has 0 unspecified atom stereocenters. The fourth-order valence-corrected chi connectivity index (χ4v) is 4.97. The van der Waals surface area contributed by atoms with E-state index >= 15 is 0 Å². The second kappa shape index (κ2) is 9.94. The van der Waals surface area contributed by atoms with E-state index in [9.17, 15) is 19.1 Å². The van der Waals surface area contributed by atoms with Gasteiger partial charge in [-0.05, 0) is 37.3 Å². The quantitative estimate of drug-likeness (QED) is 0.741. The van der Waals surface area contributed by atoms with Gasteiger partial charge in [0.15, 0.2) is 0 Å². The van der Waals surface area contributed by atoms with Crippen LogP contribution in [0, 0.1) is 11.7 Å². The van der Waals surface area contributed by atoms with Crippen LogP contribution in [0.5, 0.6) is 0 Å². The highest BCUT2D eigenvalue weighted by molar-refractivity contribution is 5.76. The summed E-state index contributed by atoms with van der Waals surface area (Å²) in [7, 11) is 0. The molecule has 0 atom stereocenters. The van der Waals surface area contributed by atoms with Crippen molar-refractivity contribution in [1.29, 1.82) is 0 Å². The van der Waals surface area contributed by atoms with E-state index in [2.05, 4.69) is 4.98 Å². The van der Waals surface area contributed by atoms with Crippen molar-refractivity contribution in [2.24, 2.45) is 5.92 Å². The zero-order chi connectivity index (χ0) is 22.6. The fourth-order valence-electron chi connectivity index (χ4n) is 4.97. The summed E-state index contributed by atoms with van der Waals surface area (Å²) in [5.41, 5.74) is -0.853. The van der Waals surface area contributed by atoms with E-state index in [1.54, 1.807) is 18.2 Å². The predicted octanol–water partition coefficient (Wildman–Crippen LogP) is 3.76. The van der Waals surface area contributed by atoms with Crippen LogP contribution in [-0.2, 0) is 11.3 Å². The van der Waals surface area contributed by atoms with E-state index in [1.165, 1.54) is 55.1 Å². The molecule has 0 spiro atoms. The molecule has 1 amide bonds. The molecule has 2 aliphatic rings. The van der Waals surface area contributed by atoms with Crippen LogP contribution >= 0.6 is 0 Å². The third kappa shape index (κ3) is 5.44. The highest BCUT2D eigenvalue weighted by Crippen LogP contribution is 2.29. The zero-order valence-electron chi connectivity index (χ0n) is 18.5. The van der Waals surface area contributed by atoms with Crippen molar-refractivity contribution < 1.29 is 14.3 Å². The Morgan fingerprint density at radius 2 is 1.88 bits per heavy atom. The van der Waals surface area contributed by atoms with Crippen molar-refractivity contribution in [2.75, 3.05) is 13.1 Å². The lowest BCUT2D eigenvalue weighted by molar-refractivity contribution is -0.136. The molecular formula is C25H32FN3O3. The number of carbonyl (C=O) groups excluding carboxylic acids is 1. The van der Waals surface area contributed by atoms with Crippen LogP contribution in [0.4, 0.5) is 4.39 Å². The number of aromatic nitrogens is 2. The standard InChI is InChI=1S/C25H32FN3O3/c26-21-9-5-4-8-20(21)22-16-24(31)29(18-27-22)17-25(32)12-14-28(15-13-25)23(30)11-10-19-6-2-1-3-7-19/h4-5,8-9,16,18-19,32H,1-3,6-7,10-15,17H2. The maximum Gasteiger partial charge on any atom is 0.253 e. The summed E-state index contributed by atoms with van der Waals surface area (Å²) in [4.78, 5) is 31.3. The van der Waals surface area contributed by atoms with Gasteiger partial charge in [0.25, 0.3) is 5.56 Å². The van der Waals surface area contributed by atoms with Crippen LogP contribution in [0.3, 0.4) is 0 Å². The van der Waals surface area contributed by atoms with Gasteiger partial charge >= 0.3 is 0 Å². The van der Waals surface area contributed by atoms with Gasteiger partial charge in [0.1, 0.15) is 5.82 Å². The predicted molar refractivity (Wildman–Crippen MR) is 120 cm³/mol. The largest absolute Gasteiger partial charge is 0.388 e. The molecule has 172 valence electrons. The van der Waals surface area contributed by atoms with E-state index in [4.69, 9.17) is 0 Å². The Morgan fingerprint density at radius 1 is 1.16 bits per heavy atom. The molecule has 1 saturated carbocycles.